The summed E-state index contributed by atoms with van der Waals surface area (Å²) >= 11 is 0. The third-order valence-corrected chi connectivity index (χ3v) is 6.23. The second kappa shape index (κ2) is 9.61. The van der Waals surface area contributed by atoms with Crippen LogP contribution in [0.25, 0.3) is 0 Å². The fraction of sp³-hybridized carbons (Fsp3) is 0.652. The highest BCUT2D eigenvalue weighted by molar-refractivity contribution is 5.42. The Labute approximate surface area is 184 Å². The zero-order valence-electron chi connectivity index (χ0n) is 18.6. The standard InChI is InChI=1S/C20H23F7N2.C3H8/c1-3-16(11(2)28)29-9-8-15-14-6-5-13(10-12(14)4-7-17(15)29)18(21,19(22,23)24)20(25,26)27;1-3-2/h5-6,10,15-17H,2-4,7-9,28H2,1H3;3H2,1-2H3/t15-,16?,17?;/m0./s1. The van der Waals surface area contributed by atoms with Crippen molar-refractivity contribution in [2.75, 3.05) is 6.54 Å². The Morgan fingerprint density at radius 2 is 1.62 bits per heavy atom. The van der Waals surface area contributed by atoms with Crippen molar-refractivity contribution in [2.45, 2.75) is 88.9 Å². The van der Waals surface area contributed by atoms with Gasteiger partial charge in [0.15, 0.2) is 0 Å². The molecule has 2 unspecified atom stereocenters. The van der Waals surface area contributed by atoms with Crippen molar-refractivity contribution >= 4 is 0 Å². The van der Waals surface area contributed by atoms with Crippen LogP contribution in [0.2, 0.25) is 0 Å². The SMILES string of the molecule is C=C(N)C(CC)N1CC[C@H]2c3ccc(C(F)(C(F)(F)F)C(F)(F)F)cc3CCC21.CCC. The van der Waals surface area contributed by atoms with Crippen LogP contribution in [0, 0.1) is 0 Å². The highest BCUT2D eigenvalue weighted by Crippen LogP contribution is 2.54. The van der Waals surface area contributed by atoms with Gasteiger partial charge in [0.25, 0.3) is 0 Å². The summed E-state index contributed by atoms with van der Waals surface area (Å²) in [4.78, 5) is 2.22. The molecule has 0 saturated carbocycles. The number of nitrogens with two attached hydrogens (primary N) is 1. The Morgan fingerprint density at radius 1 is 1.06 bits per heavy atom. The molecule has 182 valence electrons. The highest BCUT2D eigenvalue weighted by Gasteiger charge is 2.73. The summed E-state index contributed by atoms with van der Waals surface area (Å²) < 4.78 is 92.8. The summed E-state index contributed by atoms with van der Waals surface area (Å²) in [6.45, 7) is 10.8. The highest BCUT2D eigenvalue weighted by atomic mass is 19.4. The molecule has 1 aliphatic carbocycles. The molecule has 9 heteroatoms. The van der Waals surface area contributed by atoms with Crippen LogP contribution < -0.4 is 5.73 Å². The quantitative estimate of drug-likeness (QED) is 0.496. The zero-order valence-corrected chi connectivity index (χ0v) is 18.6. The van der Waals surface area contributed by atoms with Crippen LogP contribution in [0.3, 0.4) is 0 Å². The Balaban J connectivity index is 0.00000114. The predicted octanol–water partition coefficient (Wildman–Crippen LogP) is 6.75. The molecule has 0 radical (unpaired) electrons. The summed E-state index contributed by atoms with van der Waals surface area (Å²) in [7, 11) is 0. The number of fused-ring (bicyclic) bond motifs is 3. The summed E-state index contributed by atoms with van der Waals surface area (Å²) in [5.74, 6) is -0.0352. The second-order valence-corrected chi connectivity index (χ2v) is 8.51. The number of rotatable bonds is 4. The number of hydrogen-bond donors (Lipinski definition) is 1. The van der Waals surface area contributed by atoms with Gasteiger partial charge in [-0.25, -0.2) is 4.39 Å². The van der Waals surface area contributed by atoms with Crippen molar-refractivity contribution in [2.24, 2.45) is 5.73 Å². The number of alkyl halides is 7. The first-order valence-corrected chi connectivity index (χ1v) is 10.9. The molecule has 1 fully saturated rings. The van der Waals surface area contributed by atoms with Crippen molar-refractivity contribution in [3.05, 3.63) is 47.2 Å². The second-order valence-electron chi connectivity index (χ2n) is 8.51. The largest absolute Gasteiger partial charge is 0.435 e. The van der Waals surface area contributed by atoms with Gasteiger partial charge in [-0.2, -0.15) is 26.3 Å². The van der Waals surface area contributed by atoms with Gasteiger partial charge in [-0.3, -0.25) is 4.90 Å². The Bertz CT molecular complexity index is 787. The molecular weight excluding hydrogens is 437 g/mol. The average molecular weight is 469 g/mol. The Hall–Kier alpha value is -1.77. The van der Waals surface area contributed by atoms with E-state index in [1.807, 2.05) is 6.92 Å². The minimum absolute atomic E-state index is 0.0280. The molecule has 0 bridgehead atoms. The van der Waals surface area contributed by atoms with E-state index in [9.17, 15) is 30.7 Å². The lowest BCUT2D eigenvalue weighted by molar-refractivity contribution is -0.348. The summed E-state index contributed by atoms with van der Waals surface area (Å²) in [5, 5.41) is 0. The van der Waals surface area contributed by atoms with Crippen LogP contribution in [0.4, 0.5) is 30.7 Å². The lowest BCUT2D eigenvalue weighted by atomic mass is 9.77. The summed E-state index contributed by atoms with van der Waals surface area (Å²) in [6, 6.07) is 2.66. The first-order chi connectivity index (χ1) is 14.7. The maximum absolute atomic E-state index is 14.4. The zero-order chi connectivity index (χ0) is 24.5. The van der Waals surface area contributed by atoms with Gasteiger partial charge in [-0.1, -0.05) is 52.0 Å². The van der Waals surface area contributed by atoms with Crippen LogP contribution in [-0.2, 0) is 12.1 Å². The minimum Gasteiger partial charge on any atom is -0.401 e. The molecule has 3 rings (SSSR count). The predicted molar refractivity (Wildman–Crippen MR) is 111 cm³/mol. The molecule has 1 aliphatic heterocycles. The molecule has 0 spiro atoms. The molecule has 1 heterocycles. The number of hydrogen-bond acceptors (Lipinski definition) is 2. The van der Waals surface area contributed by atoms with Crippen molar-refractivity contribution < 1.29 is 30.7 Å². The van der Waals surface area contributed by atoms with Crippen LogP contribution in [-0.4, -0.2) is 35.9 Å². The first-order valence-electron chi connectivity index (χ1n) is 10.9. The molecule has 1 saturated heterocycles. The maximum Gasteiger partial charge on any atom is 0.435 e. The third kappa shape index (κ3) is 4.63. The van der Waals surface area contributed by atoms with Crippen LogP contribution in [0.5, 0.6) is 0 Å². The lowest BCUT2D eigenvalue weighted by Crippen LogP contribution is -2.50. The minimum atomic E-state index is -6.10. The van der Waals surface area contributed by atoms with E-state index in [0.717, 1.165) is 12.5 Å². The molecule has 1 aromatic carbocycles. The van der Waals surface area contributed by atoms with Gasteiger partial charge < -0.3 is 5.73 Å². The summed E-state index contributed by atoms with van der Waals surface area (Å²) in [5.41, 5.74) is 0.674. The average Bonchev–Trinajstić information content (AvgIpc) is 3.10. The number of benzene rings is 1. The van der Waals surface area contributed by atoms with E-state index in [0.29, 0.717) is 42.3 Å². The Morgan fingerprint density at radius 3 is 2.09 bits per heavy atom. The monoisotopic (exact) mass is 468 g/mol. The molecule has 3 atom stereocenters. The summed E-state index contributed by atoms with van der Waals surface area (Å²) in [6.07, 6.45) is -8.65. The fourth-order valence-electron chi connectivity index (χ4n) is 4.89. The van der Waals surface area contributed by atoms with E-state index in [4.69, 9.17) is 5.73 Å². The molecule has 2 N–H and O–H groups in total. The molecule has 0 aromatic heterocycles. The third-order valence-electron chi connectivity index (χ3n) is 6.23. The van der Waals surface area contributed by atoms with Gasteiger partial charge in [-0.15, -0.1) is 0 Å². The number of aryl methyl sites for hydroxylation is 1. The van der Waals surface area contributed by atoms with Gasteiger partial charge in [0, 0.05) is 29.3 Å². The van der Waals surface area contributed by atoms with E-state index in [1.165, 1.54) is 12.5 Å². The number of nitrogens with zero attached hydrogens (tertiary/aromatic N) is 1. The maximum atomic E-state index is 14.4. The topological polar surface area (TPSA) is 29.3 Å². The van der Waals surface area contributed by atoms with Crippen molar-refractivity contribution in [1.82, 2.24) is 4.90 Å². The van der Waals surface area contributed by atoms with Crippen LogP contribution in [0.15, 0.2) is 30.5 Å². The number of likely N-dealkylation sites (tertiary alicyclic amines) is 1. The van der Waals surface area contributed by atoms with E-state index >= 15 is 0 Å². The molecule has 0 amide bonds. The van der Waals surface area contributed by atoms with E-state index in [2.05, 4.69) is 25.3 Å². The molecule has 1 aromatic rings. The smallest absolute Gasteiger partial charge is 0.401 e. The van der Waals surface area contributed by atoms with Crippen molar-refractivity contribution in [3.8, 4) is 0 Å². The van der Waals surface area contributed by atoms with Crippen LogP contribution >= 0.6 is 0 Å². The molecule has 2 nitrogen and oxygen atoms in total. The fourth-order valence-corrected chi connectivity index (χ4v) is 4.89. The van der Waals surface area contributed by atoms with Gasteiger partial charge in [0.2, 0.25) is 0 Å². The number of halogens is 7. The molecule has 2 aliphatic rings. The van der Waals surface area contributed by atoms with Gasteiger partial charge in [0.05, 0.1) is 0 Å². The van der Waals surface area contributed by atoms with Gasteiger partial charge >= 0.3 is 18.0 Å². The Kier molecular flexibility index (Phi) is 7.95. The van der Waals surface area contributed by atoms with E-state index < -0.39 is 23.6 Å². The van der Waals surface area contributed by atoms with Gasteiger partial charge in [0.1, 0.15) is 0 Å². The van der Waals surface area contributed by atoms with Gasteiger partial charge in [-0.05, 0) is 43.4 Å². The first kappa shape index (κ1) is 26.5. The van der Waals surface area contributed by atoms with Crippen LogP contribution in [0.1, 0.15) is 69.1 Å². The van der Waals surface area contributed by atoms with E-state index in [1.54, 1.807) is 0 Å². The van der Waals surface area contributed by atoms with Crippen molar-refractivity contribution in [1.29, 1.82) is 0 Å². The normalized spacial score (nSPS) is 22.4. The molecular formula is C23H31F7N2. The lowest BCUT2D eigenvalue weighted by Gasteiger charge is -2.38. The van der Waals surface area contributed by atoms with Crippen molar-refractivity contribution in [3.63, 3.8) is 0 Å². The van der Waals surface area contributed by atoms with E-state index in [-0.39, 0.29) is 24.4 Å². The molecule has 32 heavy (non-hydrogen) atoms.